The van der Waals surface area contributed by atoms with Gasteiger partial charge in [-0.2, -0.15) is 5.26 Å². The maximum atomic E-state index is 8.88. The molecule has 0 spiro atoms. The monoisotopic (exact) mass is 219 g/mol. The average molecular weight is 219 g/mol. The normalized spacial score (nSPS) is 11.1. The van der Waals surface area contributed by atoms with Crippen LogP contribution in [0.15, 0.2) is 29.2 Å². The van der Waals surface area contributed by atoms with Crippen LogP contribution >= 0.6 is 11.8 Å². The largest absolute Gasteiger partial charge is 0.198 e. The van der Waals surface area contributed by atoms with Gasteiger partial charge in [0.05, 0.1) is 11.5 Å². The minimum atomic E-state index is -0.198. The summed E-state index contributed by atoms with van der Waals surface area (Å²) in [7, 11) is 0. The van der Waals surface area contributed by atoms with E-state index in [4.69, 9.17) is 5.26 Å². The van der Waals surface area contributed by atoms with Gasteiger partial charge in [-0.25, -0.2) is 0 Å². The minimum absolute atomic E-state index is 0.198. The van der Waals surface area contributed by atoms with Crippen LogP contribution in [-0.4, -0.2) is 5.75 Å². The molecule has 80 valence electrons. The number of thioether (sulfide) groups is 1. The average Bonchev–Trinajstić information content (AvgIpc) is 2.18. The lowest BCUT2D eigenvalue weighted by Crippen LogP contribution is -2.08. The second kappa shape index (κ2) is 5.23. The van der Waals surface area contributed by atoms with Gasteiger partial charge in [0.2, 0.25) is 0 Å². The maximum absolute atomic E-state index is 8.88. The van der Waals surface area contributed by atoms with Crippen LogP contribution in [0.1, 0.15) is 25.8 Å². The van der Waals surface area contributed by atoms with Gasteiger partial charge < -0.3 is 0 Å². The molecular formula is C13H17NS. The van der Waals surface area contributed by atoms with E-state index in [1.165, 1.54) is 10.5 Å². The molecule has 0 radical (unpaired) electrons. The quantitative estimate of drug-likeness (QED) is 0.714. The first kappa shape index (κ1) is 12.1. The molecule has 0 fully saturated rings. The van der Waals surface area contributed by atoms with Crippen LogP contribution in [0, 0.1) is 23.7 Å². The van der Waals surface area contributed by atoms with E-state index in [9.17, 15) is 0 Å². The number of rotatable bonds is 4. The zero-order valence-electron chi connectivity index (χ0n) is 9.58. The van der Waals surface area contributed by atoms with Gasteiger partial charge in [0, 0.05) is 4.90 Å². The molecule has 0 heterocycles. The number of hydrogen-bond donors (Lipinski definition) is 0. The number of benzene rings is 1. The Balaban J connectivity index is 2.42. The van der Waals surface area contributed by atoms with Gasteiger partial charge >= 0.3 is 0 Å². The van der Waals surface area contributed by atoms with Crippen molar-refractivity contribution in [3.63, 3.8) is 0 Å². The first-order valence-electron chi connectivity index (χ1n) is 5.14. The third kappa shape index (κ3) is 4.40. The van der Waals surface area contributed by atoms with Crippen LogP contribution in [0.4, 0.5) is 0 Å². The van der Waals surface area contributed by atoms with Crippen molar-refractivity contribution in [1.29, 1.82) is 5.26 Å². The molecule has 0 N–H and O–H groups in total. The van der Waals surface area contributed by atoms with Crippen LogP contribution in [0.25, 0.3) is 0 Å². The first-order valence-corrected chi connectivity index (χ1v) is 6.13. The highest BCUT2D eigenvalue weighted by atomic mass is 32.2. The fourth-order valence-electron chi connectivity index (χ4n) is 1.19. The summed E-state index contributed by atoms with van der Waals surface area (Å²) in [4.78, 5) is 1.30. The smallest absolute Gasteiger partial charge is 0.0684 e. The van der Waals surface area contributed by atoms with E-state index in [1.807, 2.05) is 25.6 Å². The van der Waals surface area contributed by atoms with E-state index in [-0.39, 0.29) is 5.41 Å². The maximum Gasteiger partial charge on any atom is 0.0684 e. The summed E-state index contributed by atoms with van der Waals surface area (Å²) in [6, 6.07) is 10.8. The summed E-state index contributed by atoms with van der Waals surface area (Å²) < 4.78 is 0. The second-order valence-electron chi connectivity index (χ2n) is 4.41. The van der Waals surface area contributed by atoms with E-state index >= 15 is 0 Å². The van der Waals surface area contributed by atoms with Crippen molar-refractivity contribution in [2.75, 3.05) is 5.75 Å². The predicted molar refractivity (Wildman–Crippen MR) is 65.9 cm³/mol. The van der Waals surface area contributed by atoms with Crippen LogP contribution in [0.3, 0.4) is 0 Å². The molecule has 0 saturated heterocycles. The minimum Gasteiger partial charge on any atom is -0.198 e. The molecule has 1 rings (SSSR count). The van der Waals surface area contributed by atoms with Crippen molar-refractivity contribution in [3.05, 3.63) is 29.8 Å². The highest BCUT2D eigenvalue weighted by Gasteiger charge is 2.15. The first-order chi connectivity index (χ1) is 7.03. The Hall–Kier alpha value is -0.940. The van der Waals surface area contributed by atoms with Gasteiger partial charge in [-0.1, -0.05) is 17.7 Å². The highest BCUT2D eigenvalue weighted by Crippen LogP contribution is 2.26. The Labute approximate surface area is 96.5 Å². The molecular weight excluding hydrogens is 202 g/mol. The summed E-state index contributed by atoms with van der Waals surface area (Å²) in [5, 5.41) is 8.88. The summed E-state index contributed by atoms with van der Waals surface area (Å²) in [6.45, 7) is 6.08. The highest BCUT2D eigenvalue weighted by molar-refractivity contribution is 7.99. The topological polar surface area (TPSA) is 23.8 Å². The van der Waals surface area contributed by atoms with Crippen molar-refractivity contribution in [2.24, 2.45) is 5.41 Å². The van der Waals surface area contributed by atoms with Gasteiger partial charge in [-0.3, -0.25) is 0 Å². The van der Waals surface area contributed by atoms with E-state index in [2.05, 4.69) is 37.3 Å². The molecule has 1 aromatic carbocycles. The summed E-state index contributed by atoms with van der Waals surface area (Å²) in [5.41, 5.74) is 1.09. The number of nitriles is 1. The molecule has 0 atom stereocenters. The van der Waals surface area contributed by atoms with Crippen LogP contribution in [-0.2, 0) is 0 Å². The third-order valence-corrected chi connectivity index (χ3v) is 3.28. The SMILES string of the molecule is Cc1cccc(SCCC(C)(C)C#N)c1. The molecule has 0 aliphatic heterocycles. The molecule has 1 aromatic rings. The summed E-state index contributed by atoms with van der Waals surface area (Å²) in [6.07, 6.45) is 0.933. The Morgan fingerprint density at radius 1 is 1.40 bits per heavy atom. The lowest BCUT2D eigenvalue weighted by molar-refractivity contribution is 0.482. The molecule has 0 aromatic heterocycles. The van der Waals surface area contributed by atoms with Gasteiger partial charge in [0.15, 0.2) is 0 Å². The molecule has 0 aliphatic rings. The third-order valence-electron chi connectivity index (χ3n) is 2.29. The van der Waals surface area contributed by atoms with Crippen LogP contribution < -0.4 is 0 Å². The molecule has 0 saturated carbocycles. The molecule has 0 bridgehead atoms. The van der Waals surface area contributed by atoms with Gasteiger partial charge in [-0.05, 0) is 45.1 Å². The van der Waals surface area contributed by atoms with Crippen molar-refractivity contribution < 1.29 is 0 Å². The fourth-order valence-corrected chi connectivity index (χ4v) is 2.48. The van der Waals surface area contributed by atoms with Crippen LogP contribution in [0.2, 0.25) is 0 Å². The lowest BCUT2D eigenvalue weighted by Gasteiger charge is -2.14. The Kier molecular flexibility index (Phi) is 4.23. The molecule has 1 nitrogen and oxygen atoms in total. The van der Waals surface area contributed by atoms with Crippen molar-refractivity contribution in [1.82, 2.24) is 0 Å². The molecule has 0 amide bonds. The van der Waals surface area contributed by atoms with Crippen molar-refractivity contribution in [2.45, 2.75) is 32.1 Å². The van der Waals surface area contributed by atoms with Crippen LogP contribution in [0.5, 0.6) is 0 Å². The summed E-state index contributed by atoms with van der Waals surface area (Å²) in [5.74, 6) is 1.00. The van der Waals surface area contributed by atoms with Crippen molar-refractivity contribution in [3.8, 4) is 6.07 Å². The molecule has 2 heteroatoms. The summed E-state index contributed by atoms with van der Waals surface area (Å²) >= 11 is 1.83. The molecule has 15 heavy (non-hydrogen) atoms. The van der Waals surface area contributed by atoms with Gasteiger partial charge in [-0.15, -0.1) is 11.8 Å². The van der Waals surface area contributed by atoms with Gasteiger partial charge in [0.1, 0.15) is 0 Å². The predicted octanol–water partition coefficient (Wildman–Crippen LogP) is 4.03. The molecule has 0 aliphatic carbocycles. The molecule has 0 unspecified atom stereocenters. The van der Waals surface area contributed by atoms with E-state index < -0.39 is 0 Å². The Bertz CT molecular complexity index is 363. The second-order valence-corrected chi connectivity index (χ2v) is 5.58. The Morgan fingerprint density at radius 3 is 2.73 bits per heavy atom. The standard InChI is InChI=1S/C13H17NS/c1-11-5-4-6-12(9-11)15-8-7-13(2,3)10-14/h4-6,9H,7-8H2,1-3H3. The number of hydrogen-bond acceptors (Lipinski definition) is 2. The van der Waals surface area contributed by atoms with Crippen molar-refractivity contribution >= 4 is 11.8 Å². The number of aryl methyl sites for hydroxylation is 1. The van der Waals surface area contributed by atoms with E-state index in [0.29, 0.717) is 0 Å². The fraction of sp³-hybridized carbons (Fsp3) is 0.462. The zero-order valence-corrected chi connectivity index (χ0v) is 10.4. The van der Waals surface area contributed by atoms with E-state index in [0.717, 1.165) is 12.2 Å². The number of nitrogens with zero attached hydrogens (tertiary/aromatic N) is 1. The Morgan fingerprint density at radius 2 is 2.13 bits per heavy atom. The zero-order chi connectivity index (χ0) is 11.3. The van der Waals surface area contributed by atoms with Gasteiger partial charge in [0.25, 0.3) is 0 Å². The van der Waals surface area contributed by atoms with E-state index in [1.54, 1.807) is 0 Å². The lowest BCUT2D eigenvalue weighted by atomic mass is 9.93.